The largest absolute Gasteiger partial charge is 0.490 e. The molecule has 1 aliphatic heterocycles. The number of benzene rings is 1. The Morgan fingerprint density at radius 3 is 2.56 bits per heavy atom. The van der Waals surface area contributed by atoms with E-state index in [0.29, 0.717) is 6.54 Å². The van der Waals surface area contributed by atoms with E-state index in [1.165, 1.54) is 6.07 Å². The number of aromatic nitrogens is 2. The average molecular weight is 389 g/mol. The molecule has 2 aromatic rings. The second kappa shape index (κ2) is 8.96. The van der Waals surface area contributed by atoms with E-state index in [2.05, 4.69) is 10.00 Å². The van der Waals surface area contributed by atoms with E-state index in [0.717, 1.165) is 30.9 Å². The maximum absolute atomic E-state index is 13.8. The highest BCUT2D eigenvalue weighted by molar-refractivity contribution is 5.73. The molecule has 1 atom stereocenters. The first-order valence-electron chi connectivity index (χ1n) is 8.00. The highest BCUT2D eigenvalue weighted by Gasteiger charge is 2.38. The van der Waals surface area contributed by atoms with Crippen LogP contribution in [0.25, 0.3) is 0 Å². The molecule has 0 saturated carbocycles. The van der Waals surface area contributed by atoms with Gasteiger partial charge in [-0.1, -0.05) is 18.2 Å². The van der Waals surface area contributed by atoms with Crippen molar-refractivity contribution in [2.75, 3.05) is 13.7 Å². The number of ether oxygens (including phenoxy) is 1. The summed E-state index contributed by atoms with van der Waals surface area (Å²) in [4.78, 5) is 11.1. The van der Waals surface area contributed by atoms with Gasteiger partial charge < -0.3 is 9.84 Å². The SMILES string of the molecule is COC1CN(Cc2ccccc2F)Cc2ccnn2C1.O=C(O)C(F)(F)F. The molecule has 1 unspecified atom stereocenters. The summed E-state index contributed by atoms with van der Waals surface area (Å²) >= 11 is 0. The monoisotopic (exact) mass is 389 g/mol. The maximum atomic E-state index is 13.8. The summed E-state index contributed by atoms with van der Waals surface area (Å²) in [5.41, 5.74) is 1.86. The lowest BCUT2D eigenvalue weighted by atomic mass is 10.2. The van der Waals surface area contributed by atoms with Gasteiger partial charge in [0.1, 0.15) is 5.82 Å². The molecular formula is C17H19F4N3O3. The van der Waals surface area contributed by atoms with E-state index < -0.39 is 12.1 Å². The summed E-state index contributed by atoms with van der Waals surface area (Å²) in [6, 6.07) is 8.93. The minimum atomic E-state index is -5.08. The van der Waals surface area contributed by atoms with E-state index in [4.69, 9.17) is 14.6 Å². The van der Waals surface area contributed by atoms with Crippen LogP contribution >= 0.6 is 0 Å². The number of nitrogens with zero attached hydrogens (tertiary/aromatic N) is 3. The Bertz CT molecular complexity index is 764. The molecule has 0 radical (unpaired) electrons. The van der Waals surface area contributed by atoms with Crippen LogP contribution < -0.4 is 0 Å². The summed E-state index contributed by atoms with van der Waals surface area (Å²) in [5.74, 6) is -2.91. The molecule has 148 valence electrons. The predicted octanol–water partition coefficient (Wildman–Crippen LogP) is 2.69. The van der Waals surface area contributed by atoms with Gasteiger partial charge in [0.2, 0.25) is 0 Å². The van der Waals surface area contributed by atoms with Gasteiger partial charge in [0.05, 0.1) is 18.3 Å². The molecule has 0 fully saturated rings. The van der Waals surface area contributed by atoms with Crippen molar-refractivity contribution in [1.82, 2.24) is 14.7 Å². The van der Waals surface area contributed by atoms with Crippen LogP contribution in [-0.4, -0.2) is 51.7 Å². The Kier molecular flexibility index (Phi) is 6.92. The van der Waals surface area contributed by atoms with Gasteiger partial charge in [-0.15, -0.1) is 0 Å². The molecule has 1 aliphatic rings. The highest BCUT2D eigenvalue weighted by Crippen LogP contribution is 2.17. The number of alkyl halides is 3. The highest BCUT2D eigenvalue weighted by atomic mass is 19.4. The maximum Gasteiger partial charge on any atom is 0.490 e. The number of carbonyl (C=O) groups is 1. The normalized spacial score (nSPS) is 17.4. The lowest BCUT2D eigenvalue weighted by Gasteiger charge is -2.23. The van der Waals surface area contributed by atoms with Crippen molar-refractivity contribution >= 4 is 5.97 Å². The van der Waals surface area contributed by atoms with Crippen LogP contribution in [0.1, 0.15) is 11.3 Å². The lowest BCUT2D eigenvalue weighted by Crippen LogP contribution is -2.32. The van der Waals surface area contributed by atoms with Crippen molar-refractivity contribution in [3.05, 3.63) is 53.6 Å². The Morgan fingerprint density at radius 2 is 1.96 bits per heavy atom. The number of halogens is 4. The molecule has 0 spiro atoms. The van der Waals surface area contributed by atoms with Crippen LogP contribution in [0.15, 0.2) is 36.5 Å². The Hall–Kier alpha value is -2.46. The summed E-state index contributed by atoms with van der Waals surface area (Å²) in [6.45, 7) is 2.85. The standard InChI is InChI=1S/C15H18FN3O.C2HF3O2/c1-20-14-10-18(8-12-4-2-3-5-15(12)16)9-13-6-7-17-19(13)11-14;3-2(4,5)1(6)7/h2-7,14H,8-11H2,1H3;(H,6,7). The van der Waals surface area contributed by atoms with Crippen molar-refractivity contribution in [3.63, 3.8) is 0 Å². The molecule has 1 aromatic carbocycles. The van der Waals surface area contributed by atoms with Crippen molar-refractivity contribution in [2.45, 2.75) is 31.9 Å². The quantitative estimate of drug-likeness (QED) is 0.818. The number of fused-ring (bicyclic) bond motifs is 1. The molecule has 10 heteroatoms. The topological polar surface area (TPSA) is 67.6 Å². The predicted molar refractivity (Wildman–Crippen MR) is 87.2 cm³/mol. The van der Waals surface area contributed by atoms with Gasteiger partial charge in [0, 0.05) is 38.5 Å². The molecule has 1 aromatic heterocycles. The fourth-order valence-electron chi connectivity index (χ4n) is 2.63. The molecule has 2 heterocycles. The van der Waals surface area contributed by atoms with Crippen LogP contribution in [-0.2, 0) is 29.2 Å². The molecule has 3 rings (SSSR count). The van der Waals surface area contributed by atoms with Crippen LogP contribution in [0.3, 0.4) is 0 Å². The number of carboxylic acid groups (broad SMARTS) is 1. The molecular weight excluding hydrogens is 370 g/mol. The summed E-state index contributed by atoms with van der Waals surface area (Å²) in [5, 5.41) is 11.4. The zero-order chi connectivity index (χ0) is 20.0. The van der Waals surface area contributed by atoms with Crippen LogP contribution in [0.2, 0.25) is 0 Å². The van der Waals surface area contributed by atoms with Gasteiger partial charge in [-0.05, 0) is 12.1 Å². The minimum absolute atomic E-state index is 0.0722. The van der Waals surface area contributed by atoms with E-state index in [9.17, 15) is 17.6 Å². The van der Waals surface area contributed by atoms with Crippen molar-refractivity contribution < 1.29 is 32.2 Å². The number of carboxylic acids is 1. The lowest BCUT2D eigenvalue weighted by molar-refractivity contribution is -0.192. The Balaban J connectivity index is 0.000000321. The van der Waals surface area contributed by atoms with E-state index in [-0.39, 0.29) is 11.9 Å². The third-order valence-corrected chi connectivity index (χ3v) is 3.96. The first kappa shape index (κ1) is 20.8. The molecule has 6 nitrogen and oxygen atoms in total. The fraction of sp³-hybridized carbons (Fsp3) is 0.412. The molecule has 1 N–H and O–H groups in total. The van der Waals surface area contributed by atoms with E-state index in [1.54, 1.807) is 19.4 Å². The second-order valence-electron chi connectivity index (χ2n) is 5.93. The minimum Gasteiger partial charge on any atom is -0.475 e. The number of aliphatic carboxylic acids is 1. The molecule has 0 amide bonds. The summed E-state index contributed by atoms with van der Waals surface area (Å²) in [6.07, 6.45) is -3.21. The average Bonchev–Trinajstić information content (AvgIpc) is 2.95. The number of hydrogen-bond acceptors (Lipinski definition) is 4. The fourth-order valence-corrected chi connectivity index (χ4v) is 2.63. The van der Waals surface area contributed by atoms with Gasteiger partial charge in [-0.3, -0.25) is 9.58 Å². The number of methoxy groups -OCH3 is 1. The smallest absolute Gasteiger partial charge is 0.475 e. The number of hydrogen-bond donors (Lipinski definition) is 1. The first-order valence-corrected chi connectivity index (χ1v) is 8.00. The molecule has 0 bridgehead atoms. The first-order chi connectivity index (χ1) is 12.7. The Labute approximate surface area is 153 Å². The summed E-state index contributed by atoms with van der Waals surface area (Å²) in [7, 11) is 1.71. The van der Waals surface area contributed by atoms with Crippen LogP contribution in [0, 0.1) is 5.82 Å². The molecule has 0 saturated heterocycles. The van der Waals surface area contributed by atoms with Gasteiger partial charge in [0.15, 0.2) is 0 Å². The van der Waals surface area contributed by atoms with Crippen molar-refractivity contribution in [2.24, 2.45) is 0 Å². The second-order valence-corrected chi connectivity index (χ2v) is 5.93. The third kappa shape index (κ3) is 6.04. The van der Waals surface area contributed by atoms with E-state index in [1.807, 2.05) is 22.9 Å². The Morgan fingerprint density at radius 1 is 1.30 bits per heavy atom. The van der Waals surface area contributed by atoms with Crippen LogP contribution in [0.4, 0.5) is 17.6 Å². The summed E-state index contributed by atoms with van der Waals surface area (Å²) < 4.78 is 53.0. The van der Waals surface area contributed by atoms with Gasteiger partial charge in [-0.2, -0.15) is 18.3 Å². The molecule has 0 aliphatic carbocycles. The van der Waals surface area contributed by atoms with Gasteiger partial charge in [0.25, 0.3) is 0 Å². The van der Waals surface area contributed by atoms with Crippen molar-refractivity contribution in [3.8, 4) is 0 Å². The zero-order valence-corrected chi connectivity index (χ0v) is 14.5. The molecule has 27 heavy (non-hydrogen) atoms. The van der Waals surface area contributed by atoms with Gasteiger partial charge in [-0.25, -0.2) is 9.18 Å². The number of rotatable bonds is 3. The van der Waals surface area contributed by atoms with E-state index >= 15 is 0 Å². The zero-order valence-electron chi connectivity index (χ0n) is 14.5. The van der Waals surface area contributed by atoms with Crippen molar-refractivity contribution in [1.29, 1.82) is 0 Å². The third-order valence-electron chi connectivity index (χ3n) is 3.96. The van der Waals surface area contributed by atoms with Gasteiger partial charge >= 0.3 is 12.1 Å². The van der Waals surface area contributed by atoms with Crippen LogP contribution in [0.5, 0.6) is 0 Å².